The van der Waals surface area contributed by atoms with Crippen molar-refractivity contribution in [3.05, 3.63) is 63.9 Å². The molecule has 0 saturated carbocycles. The Hall–Kier alpha value is -1.71. The van der Waals surface area contributed by atoms with Crippen molar-refractivity contribution in [2.75, 3.05) is 19.7 Å². The number of rotatable bonds is 8. The van der Waals surface area contributed by atoms with Crippen molar-refractivity contribution in [1.82, 2.24) is 9.62 Å². The fraction of sp³-hybridized carbons (Fsp3) is 0.350. The van der Waals surface area contributed by atoms with Gasteiger partial charge in [0.05, 0.1) is 17.5 Å². The van der Waals surface area contributed by atoms with Gasteiger partial charge in [0.1, 0.15) is 5.82 Å². The van der Waals surface area contributed by atoms with Gasteiger partial charge in [-0.25, -0.2) is 12.8 Å². The summed E-state index contributed by atoms with van der Waals surface area (Å²) in [7, 11) is -4.12. The topological polar surface area (TPSA) is 75.7 Å². The minimum atomic E-state index is -4.12. The number of carbonyl (C=O) groups excluding carboxylic acids is 1. The van der Waals surface area contributed by atoms with Crippen LogP contribution in [0.2, 0.25) is 10.0 Å². The highest BCUT2D eigenvalue weighted by molar-refractivity contribution is 7.89. The standard InChI is InChI=1S/C20H21Cl2FN2O4S/c21-14-6-8-16(9-7-14)30(27,28)25(12-17-18(22)4-1-5-19(17)23)13-20(26)24-11-15-3-2-10-29-15/h1,4-9,15H,2-3,10-13H2,(H,24,26)/t15-/m0/s1. The molecular weight excluding hydrogens is 454 g/mol. The van der Waals surface area contributed by atoms with E-state index in [0.29, 0.717) is 11.6 Å². The Morgan fingerprint density at radius 3 is 2.57 bits per heavy atom. The first-order chi connectivity index (χ1) is 14.3. The normalized spacial score (nSPS) is 16.7. The number of sulfonamides is 1. The van der Waals surface area contributed by atoms with Gasteiger partial charge in [-0.15, -0.1) is 0 Å². The minimum absolute atomic E-state index is 0.0105. The van der Waals surface area contributed by atoms with Crippen molar-refractivity contribution >= 4 is 39.1 Å². The fourth-order valence-electron chi connectivity index (χ4n) is 3.09. The van der Waals surface area contributed by atoms with Crippen LogP contribution in [0.5, 0.6) is 0 Å². The van der Waals surface area contributed by atoms with Gasteiger partial charge in [-0.05, 0) is 49.2 Å². The zero-order valence-electron chi connectivity index (χ0n) is 16.0. The van der Waals surface area contributed by atoms with Gasteiger partial charge < -0.3 is 10.1 Å². The van der Waals surface area contributed by atoms with E-state index in [1.807, 2.05) is 0 Å². The molecule has 162 valence electrons. The number of nitrogens with one attached hydrogen (secondary N) is 1. The van der Waals surface area contributed by atoms with E-state index in [2.05, 4.69) is 5.32 Å². The summed E-state index contributed by atoms with van der Waals surface area (Å²) >= 11 is 11.9. The van der Waals surface area contributed by atoms with E-state index in [9.17, 15) is 17.6 Å². The lowest BCUT2D eigenvalue weighted by Gasteiger charge is -2.23. The Balaban J connectivity index is 1.83. The number of ether oxygens (including phenoxy) is 1. The van der Waals surface area contributed by atoms with E-state index < -0.39 is 34.8 Å². The van der Waals surface area contributed by atoms with E-state index in [1.54, 1.807) is 0 Å². The quantitative estimate of drug-likeness (QED) is 0.633. The van der Waals surface area contributed by atoms with Crippen LogP contribution in [0.3, 0.4) is 0 Å². The van der Waals surface area contributed by atoms with Crippen LogP contribution in [-0.2, 0) is 26.1 Å². The molecule has 1 aliphatic heterocycles. The molecule has 0 aromatic heterocycles. The largest absolute Gasteiger partial charge is 0.376 e. The summed E-state index contributed by atoms with van der Waals surface area (Å²) in [5.74, 6) is -1.17. The maximum Gasteiger partial charge on any atom is 0.243 e. The number of carbonyl (C=O) groups is 1. The van der Waals surface area contributed by atoms with Crippen LogP contribution in [0.4, 0.5) is 4.39 Å². The predicted octanol–water partition coefficient (Wildman–Crippen LogP) is 3.62. The monoisotopic (exact) mass is 474 g/mol. The molecule has 1 heterocycles. The molecular formula is C20H21Cl2FN2O4S. The molecule has 2 aromatic carbocycles. The third-order valence-electron chi connectivity index (χ3n) is 4.72. The molecule has 1 aliphatic rings. The lowest BCUT2D eigenvalue weighted by Crippen LogP contribution is -2.42. The Morgan fingerprint density at radius 2 is 1.93 bits per heavy atom. The molecule has 0 unspecified atom stereocenters. The molecule has 1 amide bonds. The van der Waals surface area contributed by atoms with Gasteiger partial charge in [-0.3, -0.25) is 4.79 Å². The van der Waals surface area contributed by atoms with Gasteiger partial charge in [0, 0.05) is 35.3 Å². The van der Waals surface area contributed by atoms with Gasteiger partial charge in [-0.2, -0.15) is 4.31 Å². The molecule has 1 fully saturated rings. The highest BCUT2D eigenvalue weighted by atomic mass is 35.5. The first-order valence-corrected chi connectivity index (χ1v) is 11.5. The number of nitrogens with zero attached hydrogens (tertiary/aromatic N) is 1. The van der Waals surface area contributed by atoms with Crippen LogP contribution in [0.25, 0.3) is 0 Å². The molecule has 10 heteroatoms. The fourth-order valence-corrected chi connectivity index (χ4v) is 4.80. The SMILES string of the molecule is O=C(CN(Cc1c(F)cccc1Cl)S(=O)(=O)c1ccc(Cl)cc1)NC[C@@H]1CCCO1. The minimum Gasteiger partial charge on any atom is -0.376 e. The first kappa shape index (κ1) is 23.0. The maximum atomic E-state index is 14.3. The molecule has 0 bridgehead atoms. The molecule has 1 atom stereocenters. The van der Waals surface area contributed by atoms with Gasteiger partial charge in [0.2, 0.25) is 15.9 Å². The lowest BCUT2D eigenvalue weighted by molar-refractivity contribution is -0.121. The van der Waals surface area contributed by atoms with Crippen molar-refractivity contribution < 1.29 is 22.3 Å². The summed E-state index contributed by atoms with van der Waals surface area (Å²) in [6.45, 7) is 0.0314. The van der Waals surface area contributed by atoms with E-state index in [4.69, 9.17) is 27.9 Å². The molecule has 1 N–H and O–H groups in total. The van der Waals surface area contributed by atoms with Crippen LogP contribution >= 0.6 is 23.2 Å². The number of halogens is 3. The Morgan fingerprint density at radius 1 is 1.20 bits per heavy atom. The summed E-state index contributed by atoms with van der Waals surface area (Å²) in [6, 6.07) is 9.60. The third kappa shape index (κ3) is 5.70. The van der Waals surface area contributed by atoms with Crippen LogP contribution in [-0.4, -0.2) is 44.4 Å². The van der Waals surface area contributed by atoms with E-state index in [0.717, 1.165) is 17.1 Å². The van der Waals surface area contributed by atoms with Crippen LogP contribution in [0.1, 0.15) is 18.4 Å². The van der Waals surface area contributed by atoms with Crippen LogP contribution < -0.4 is 5.32 Å². The van der Waals surface area contributed by atoms with Gasteiger partial charge in [0.25, 0.3) is 0 Å². The van der Waals surface area contributed by atoms with E-state index in [1.165, 1.54) is 42.5 Å². The van der Waals surface area contributed by atoms with Crippen LogP contribution in [0, 0.1) is 5.82 Å². The predicted molar refractivity (Wildman–Crippen MR) is 112 cm³/mol. The second-order valence-corrected chi connectivity index (χ2v) is 9.65. The van der Waals surface area contributed by atoms with Crippen molar-refractivity contribution in [3.63, 3.8) is 0 Å². The molecule has 1 saturated heterocycles. The molecule has 30 heavy (non-hydrogen) atoms. The average molecular weight is 475 g/mol. The molecule has 0 spiro atoms. The molecule has 3 rings (SSSR count). The van der Waals surface area contributed by atoms with Gasteiger partial charge in [-0.1, -0.05) is 29.3 Å². The summed E-state index contributed by atoms with van der Waals surface area (Å²) < 4.78 is 47.0. The zero-order valence-corrected chi connectivity index (χ0v) is 18.3. The third-order valence-corrected chi connectivity index (χ3v) is 7.13. The highest BCUT2D eigenvalue weighted by Gasteiger charge is 2.29. The van der Waals surface area contributed by atoms with E-state index in [-0.39, 0.29) is 28.1 Å². The Labute approximate surface area is 185 Å². The summed E-state index contributed by atoms with van der Waals surface area (Å²) in [4.78, 5) is 12.4. The molecule has 6 nitrogen and oxygen atoms in total. The number of benzene rings is 2. The lowest BCUT2D eigenvalue weighted by atomic mass is 10.2. The molecule has 2 aromatic rings. The van der Waals surface area contributed by atoms with Gasteiger partial charge >= 0.3 is 0 Å². The summed E-state index contributed by atoms with van der Waals surface area (Å²) in [5, 5.41) is 3.13. The Kier molecular flexibility index (Phi) is 7.70. The van der Waals surface area contributed by atoms with Gasteiger partial charge in [0.15, 0.2) is 0 Å². The zero-order chi connectivity index (χ0) is 21.7. The molecule has 0 radical (unpaired) electrons. The van der Waals surface area contributed by atoms with Crippen molar-refractivity contribution in [3.8, 4) is 0 Å². The van der Waals surface area contributed by atoms with Crippen LogP contribution in [0.15, 0.2) is 47.4 Å². The maximum absolute atomic E-state index is 14.3. The summed E-state index contributed by atoms with van der Waals surface area (Å²) in [5.41, 5.74) is -0.0105. The number of amides is 1. The van der Waals surface area contributed by atoms with Crippen molar-refractivity contribution in [1.29, 1.82) is 0 Å². The second-order valence-electron chi connectivity index (χ2n) is 6.87. The number of hydrogen-bond donors (Lipinski definition) is 1. The van der Waals surface area contributed by atoms with Crippen molar-refractivity contribution in [2.45, 2.75) is 30.4 Å². The smallest absolute Gasteiger partial charge is 0.243 e. The Bertz CT molecular complexity index is 976. The molecule has 0 aliphatic carbocycles. The number of hydrogen-bond acceptors (Lipinski definition) is 4. The van der Waals surface area contributed by atoms with E-state index >= 15 is 0 Å². The highest BCUT2D eigenvalue weighted by Crippen LogP contribution is 2.25. The second kappa shape index (κ2) is 10.1. The summed E-state index contributed by atoms with van der Waals surface area (Å²) in [6.07, 6.45) is 1.66. The van der Waals surface area contributed by atoms with Crippen molar-refractivity contribution in [2.24, 2.45) is 0 Å². The first-order valence-electron chi connectivity index (χ1n) is 9.34. The average Bonchev–Trinajstić information content (AvgIpc) is 3.22.